The number of amides is 1. The van der Waals surface area contributed by atoms with Crippen LogP contribution in [0.25, 0.3) is 11.0 Å². The predicted molar refractivity (Wildman–Crippen MR) is 96.7 cm³/mol. The third-order valence-electron chi connectivity index (χ3n) is 3.66. The van der Waals surface area contributed by atoms with Gasteiger partial charge in [-0.3, -0.25) is 14.4 Å². The number of aryl methyl sites for hydroxylation is 2. The van der Waals surface area contributed by atoms with Gasteiger partial charge in [0.25, 0.3) is 5.91 Å². The Kier molecular flexibility index (Phi) is 7.78. The molecule has 0 bridgehead atoms. The smallest absolute Gasteiger partial charge is 0.303 e. The Morgan fingerprint density at radius 1 is 1.24 bits per heavy atom. The molecule has 0 aromatic carbocycles. The minimum atomic E-state index is -0.709. The van der Waals surface area contributed by atoms with Crippen molar-refractivity contribution in [1.29, 1.82) is 0 Å². The van der Waals surface area contributed by atoms with Crippen LogP contribution in [-0.4, -0.2) is 26.5 Å². The Hall–Kier alpha value is -2.70. The van der Waals surface area contributed by atoms with E-state index in [1.54, 1.807) is 16.7 Å². The van der Waals surface area contributed by atoms with Gasteiger partial charge in [0.05, 0.1) is 5.39 Å². The number of pyridine rings is 2. The molecule has 0 aliphatic heterocycles. The van der Waals surface area contributed by atoms with E-state index in [1.807, 2.05) is 13.8 Å². The number of unbranched alkanes of at least 4 members (excludes halogenated alkanes) is 2. The summed E-state index contributed by atoms with van der Waals surface area (Å²) >= 11 is 0. The van der Waals surface area contributed by atoms with Crippen molar-refractivity contribution >= 4 is 22.9 Å². The summed E-state index contributed by atoms with van der Waals surface area (Å²) in [6, 6.07) is 3.42. The normalized spacial score (nSPS) is 10.2. The van der Waals surface area contributed by atoms with Crippen LogP contribution in [0.4, 0.5) is 0 Å². The number of carbonyl (C=O) groups is 2. The molecule has 0 radical (unpaired) electrons. The van der Waals surface area contributed by atoms with Crippen LogP contribution in [0, 0.1) is 6.92 Å². The zero-order valence-electron chi connectivity index (χ0n) is 14.9. The Balaban J connectivity index is 0.000000333. The molecule has 25 heavy (non-hydrogen) atoms. The zero-order chi connectivity index (χ0) is 19.0. The number of primary amides is 1. The SMILES string of the molecule is CCCCCC(=O)O.CCn1cc(C(N)=O)c(=O)c2ccc(C)nc21. The summed E-state index contributed by atoms with van der Waals surface area (Å²) in [5.74, 6) is -1.39. The average molecular weight is 347 g/mol. The first kappa shape index (κ1) is 20.3. The lowest BCUT2D eigenvalue weighted by Gasteiger charge is -2.09. The molecule has 0 atom stereocenters. The molecular weight excluding hydrogens is 322 g/mol. The number of nitrogens with two attached hydrogens (primary N) is 1. The van der Waals surface area contributed by atoms with Crippen LogP contribution in [0.3, 0.4) is 0 Å². The van der Waals surface area contributed by atoms with E-state index in [-0.39, 0.29) is 11.0 Å². The minimum Gasteiger partial charge on any atom is -0.481 e. The Bertz CT molecular complexity index is 812. The molecule has 2 aromatic heterocycles. The highest BCUT2D eigenvalue weighted by atomic mass is 16.4. The Morgan fingerprint density at radius 2 is 1.92 bits per heavy atom. The number of rotatable bonds is 6. The zero-order valence-corrected chi connectivity index (χ0v) is 14.9. The fourth-order valence-corrected chi connectivity index (χ4v) is 2.30. The highest BCUT2D eigenvalue weighted by Crippen LogP contribution is 2.10. The highest BCUT2D eigenvalue weighted by Gasteiger charge is 2.13. The van der Waals surface area contributed by atoms with Crippen molar-refractivity contribution in [3.8, 4) is 0 Å². The largest absolute Gasteiger partial charge is 0.481 e. The van der Waals surface area contributed by atoms with Crippen LogP contribution in [-0.2, 0) is 11.3 Å². The van der Waals surface area contributed by atoms with Gasteiger partial charge in [0.15, 0.2) is 0 Å². The van der Waals surface area contributed by atoms with Gasteiger partial charge in [0.2, 0.25) is 5.43 Å². The molecule has 0 spiro atoms. The van der Waals surface area contributed by atoms with Crippen molar-refractivity contribution in [2.24, 2.45) is 5.73 Å². The average Bonchev–Trinajstić information content (AvgIpc) is 2.55. The Labute approximate surface area is 146 Å². The van der Waals surface area contributed by atoms with Gasteiger partial charge >= 0.3 is 5.97 Å². The lowest BCUT2D eigenvalue weighted by Crippen LogP contribution is -2.24. The molecule has 0 saturated heterocycles. The second-order valence-corrected chi connectivity index (χ2v) is 5.70. The van der Waals surface area contributed by atoms with Crippen molar-refractivity contribution in [2.75, 3.05) is 0 Å². The number of carboxylic acid groups (broad SMARTS) is 1. The first-order valence-corrected chi connectivity index (χ1v) is 8.34. The fourth-order valence-electron chi connectivity index (χ4n) is 2.30. The van der Waals surface area contributed by atoms with Gasteiger partial charge in [-0.1, -0.05) is 19.8 Å². The lowest BCUT2D eigenvalue weighted by atomic mass is 10.1. The van der Waals surface area contributed by atoms with Crippen LogP contribution in [0.1, 0.15) is 55.6 Å². The molecule has 2 rings (SSSR count). The molecule has 136 valence electrons. The summed E-state index contributed by atoms with van der Waals surface area (Å²) in [4.78, 5) is 37.4. The van der Waals surface area contributed by atoms with E-state index < -0.39 is 11.9 Å². The number of aliphatic carboxylic acids is 1. The van der Waals surface area contributed by atoms with Gasteiger partial charge in [0, 0.05) is 24.9 Å². The second-order valence-electron chi connectivity index (χ2n) is 5.70. The number of fused-ring (bicyclic) bond motifs is 1. The maximum atomic E-state index is 12.0. The van der Waals surface area contributed by atoms with Gasteiger partial charge in [-0.15, -0.1) is 0 Å². The summed E-state index contributed by atoms with van der Waals surface area (Å²) in [5, 5.41) is 8.56. The molecule has 1 amide bonds. The summed E-state index contributed by atoms with van der Waals surface area (Å²) in [6.07, 6.45) is 4.75. The van der Waals surface area contributed by atoms with E-state index in [4.69, 9.17) is 10.8 Å². The molecule has 2 aromatic rings. The number of carbonyl (C=O) groups excluding carboxylic acids is 1. The number of hydrogen-bond donors (Lipinski definition) is 2. The molecule has 0 fully saturated rings. The summed E-state index contributed by atoms with van der Waals surface area (Å²) in [6.45, 7) is 6.44. The number of aromatic nitrogens is 2. The van der Waals surface area contributed by atoms with Crippen LogP contribution in [0.2, 0.25) is 0 Å². The molecule has 7 nitrogen and oxygen atoms in total. The Morgan fingerprint density at radius 3 is 2.44 bits per heavy atom. The van der Waals surface area contributed by atoms with Crippen molar-refractivity contribution in [1.82, 2.24) is 9.55 Å². The van der Waals surface area contributed by atoms with Gasteiger partial charge in [0.1, 0.15) is 11.2 Å². The second kappa shape index (κ2) is 9.56. The van der Waals surface area contributed by atoms with E-state index in [1.165, 1.54) is 6.20 Å². The topological polar surface area (TPSA) is 115 Å². The predicted octanol–water partition coefficient (Wildman–Crippen LogP) is 2.48. The van der Waals surface area contributed by atoms with Gasteiger partial charge in [-0.2, -0.15) is 0 Å². The third kappa shape index (κ3) is 5.70. The van der Waals surface area contributed by atoms with Crippen LogP contribution in [0.5, 0.6) is 0 Å². The van der Waals surface area contributed by atoms with Gasteiger partial charge in [-0.25, -0.2) is 4.98 Å². The van der Waals surface area contributed by atoms with Gasteiger partial charge < -0.3 is 15.4 Å². The maximum Gasteiger partial charge on any atom is 0.303 e. The van der Waals surface area contributed by atoms with Crippen molar-refractivity contribution in [3.05, 3.63) is 39.8 Å². The molecule has 7 heteroatoms. The fraction of sp³-hybridized carbons (Fsp3) is 0.444. The number of nitrogens with zero attached hydrogens (tertiary/aromatic N) is 2. The van der Waals surface area contributed by atoms with Crippen molar-refractivity contribution in [3.63, 3.8) is 0 Å². The number of hydrogen-bond acceptors (Lipinski definition) is 4. The van der Waals surface area contributed by atoms with E-state index in [0.717, 1.165) is 25.0 Å². The minimum absolute atomic E-state index is 0.00463. The summed E-state index contributed by atoms with van der Waals surface area (Å²) < 4.78 is 1.75. The number of carboxylic acids is 1. The van der Waals surface area contributed by atoms with Crippen molar-refractivity contribution in [2.45, 2.75) is 53.0 Å². The third-order valence-corrected chi connectivity index (χ3v) is 3.66. The van der Waals surface area contributed by atoms with Crippen LogP contribution < -0.4 is 11.2 Å². The van der Waals surface area contributed by atoms with E-state index >= 15 is 0 Å². The molecule has 0 unspecified atom stereocenters. The maximum absolute atomic E-state index is 12.0. The molecular formula is C18H25N3O4. The summed E-state index contributed by atoms with van der Waals surface area (Å²) in [5.41, 5.74) is 6.24. The highest BCUT2D eigenvalue weighted by molar-refractivity contribution is 5.95. The standard InChI is InChI=1S/C12H13N3O2.C6H12O2/c1-3-15-6-9(11(13)17)10(16)8-5-4-7(2)14-12(8)15;1-2-3-4-5-6(7)8/h4-6H,3H2,1-2H3,(H2,13,17);2-5H2,1H3,(H,7,8). The summed E-state index contributed by atoms with van der Waals surface area (Å²) in [7, 11) is 0. The molecule has 0 aliphatic rings. The van der Waals surface area contributed by atoms with Crippen LogP contribution in [0.15, 0.2) is 23.1 Å². The monoisotopic (exact) mass is 347 g/mol. The molecule has 3 N–H and O–H groups in total. The molecule has 2 heterocycles. The first-order valence-electron chi connectivity index (χ1n) is 8.34. The van der Waals surface area contributed by atoms with E-state index in [9.17, 15) is 14.4 Å². The molecule has 0 aliphatic carbocycles. The van der Waals surface area contributed by atoms with Gasteiger partial charge in [-0.05, 0) is 32.4 Å². The van der Waals surface area contributed by atoms with Crippen LogP contribution >= 0.6 is 0 Å². The first-order chi connectivity index (χ1) is 11.8. The van der Waals surface area contributed by atoms with Crippen molar-refractivity contribution < 1.29 is 14.7 Å². The molecule has 0 saturated carbocycles. The van der Waals surface area contributed by atoms with E-state index in [2.05, 4.69) is 11.9 Å². The lowest BCUT2D eigenvalue weighted by molar-refractivity contribution is -0.137. The van der Waals surface area contributed by atoms with E-state index in [0.29, 0.717) is 24.0 Å². The quantitative estimate of drug-likeness (QED) is 0.779.